The molecule has 0 fully saturated rings. The second-order valence-electron chi connectivity index (χ2n) is 16.4. The molecule has 0 radical (unpaired) electrons. The van der Waals surface area contributed by atoms with Crippen LogP contribution in [0.5, 0.6) is 11.5 Å². The van der Waals surface area contributed by atoms with Crippen molar-refractivity contribution < 1.29 is 70.7 Å². The summed E-state index contributed by atoms with van der Waals surface area (Å²) in [6.07, 6.45) is 3.44. The number of nitrogens with zero attached hydrogens (tertiary/aromatic N) is 4. The predicted molar refractivity (Wildman–Crippen MR) is 278 cm³/mol. The van der Waals surface area contributed by atoms with Crippen LogP contribution < -0.4 is 9.47 Å². The molecule has 18 heteroatoms. The first-order chi connectivity index (χ1) is 35.1. The smallest absolute Gasteiger partial charge is 1.00 e. The van der Waals surface area contributed by atoms with E-state index in [0.717, 1.165) is 100 Å². The zero-order chi connectivity index (χ0) is 51.3. The van der Waals surface area contributed by atoms with Crippen LogP contribution in [0.15, 0.2) is 171 Å². The molecule has 0 saturated carbocycles. The molecule has 0 aliphatic carbocycles. The van der Waals surface area contributed by atoms with Gasteiger partial charge in [0, 0.05) is 43.8 Å². The van der Waals surface area contributed by atoms with Gasteiger partial charge in [-0.3, -0.25) is 0 Å². The Morgan fingerprint density at radius 1 is 0.365 bits per heavy atom. The van der Waals surface area contributed by atoms with E-state index in [2.05, 4.69) is 98.1 Å². The van der Waals surface area contributed by atoms with Crippen LogP contribution in [-0.4, -0.2) is 86.0 Å². The van der Waals surface area contributed by atoms with Crippen molar-refractivity contribution in [3.05, 3.63) is 171 Å². The standard InChI is InChI=1S/C56H50N4O6.Cu.F6P/c1-3-28-61-30-32-63-34-36-65-47-20-12-39(13-21-47)49-24-16-41-8-10-43-18-26-51(59-55(43)53(41)57-49)45-6-5-7-46(38-45)52-27-19-44-11-9-42-17-25-50(58-54(42)56(44)60-52)40-14-22-48(23-15-40)66-37-35-64-33-31-62-29-4-2;;1-7(2,3,4,5)6/h3-27,38H,1-2,28-37H2;;/q;+1;-1. The normalized spacial score (nSPS) is 12.4. The third-order valence-electron chi connectivity index (χ3n) is 11.0. The van der Waals surface area contributed by atoms with E-state index in [0.29, 0.717) is 66.1 Å². The second kappa shape index (κ2) is 24.0. The van der Waals surface area contributed by atoms with Crippen molar-refractivity contribution in [1.82, 2.24) is 19.9 Å². The number of halogens is 6. The molecule has 0 unspecified atom stereocenters. The summed E-state index contributed by atoms with van der Waals surface area (Å²) < 4.78 is 92.8. The summed E-state index contributed by atoms with van der Waals surface area (Å²) in [5, 5.41) is 4.09. The van der Waals surface area contributed by atoms with Crippen LogP contribution in [0.2, 0.25) is 0 Å². The van der Waals surface area contributed by atoms with Crippen molar-refractivity contribution >= 4 is 51.4 Å². The van der Waals surface area contributed by atoms with Crippen molar-refractivity contribution in [3.63, 3.8) is 0 Å². The Kier molecular flexibility index (Phi) is 17.8. The van der Waals surface area contributed by atoms with Gasteiger partial charge < -0.3 is 28.4 Å². The number of aromatic nitrogens is 4. The molecule has 74 heavy (non-hydrogen) atoms. The number of hydrogen-bond donors (Lipinski definition) is 0. The number of ether oxygens (including phenoxy) is 6. The minimum absolute atomic E-state index is 0. The second-order valence-corrected chi connectivity index (χ2v) is 18.4. The number of fused-ring (bicyclic) bond motifs is 6. The van der Waals surface area contributed by atoms with Gasteiger partial charge in [-0.15, -0.1) is 13.2 Å². The van der Waals surface area contributed by atoms with E-state index < -0.39 is 7.81 Å². The van der Waals surface area contributed by atoms with Crippen LogP contribution in [-0.2, 0) is 36.0 Å². The van der Waals surface area contributed by atoms with Crippen molar-refractivity contribution in [2.24, 2.45) is 0 Å². The first-order valence-corrected chi connectivity index (χ1v) is 25.2. The molecule has 4 aromatic heterocycles. The Bertz CT molecular complexity index is 3160. The Balaban J connectivity index is 0.000000934. The van der Waals surface area contributed by atoms with Crippen molar-refractivity contribution in [2.45, 2.75) is 0 Å². The topological polar surface area (TPSA) is 107 Å². The summed E-state index contributed by atoms with van der Waals surface area (Å²) in [7, 11) is -10.7. The van der Waals surface area contributed by atoms with Crippen LogP contribution in [0.4, 0.5) is 25.2 Å². The fraction of sp³-hybridized carbons (Fsp3) is 0.179. The molecule has 388 valence electrons. The molecule has 0 N–H and O–H groups in total. The van der Waals surface area contributed by atoms with Gasteiger partial charge in [0.25, 0.3) is 0 Å². The molecule has 0 atom stereocenters. The zero-order valence-electron chi connectivity index (χ0n) is 39.8. The van der Waals surface area contributed by atoms with Crippen LogP contribution in [0.1, 0.15) is 0 Å². The number of benzene rings is 5. The molecular weight excluding hydrogens is 1030 g/mol. The van der Waals surface area contributed by atoms with Crippen LogP contribution in [0, 0.1) is 0 Å². The summed E-state index contributed by atoms with van der Waals surface area (Å²) in [6, 6.07) is 49.4. The quantitative estimate of drug-likeness (QED) is 0.0163. The zero-order valence-corrected chi connectivity index (χ0v) is 41.6. The van der Waals surface area contributed by atoms with Gasteiger partial charge in [-0.2, -0.15) is 0 Å². The molecule has 9 rings (SSSR count). The van der Waals surface area contributed by atoms with Crippen LogP contribution >= 0.6 is 7.81 Å². The Morgan fingerprint density at radius 2 is 0.649 bits per heavy atom. The molecular formula is C56H50CuF6N4O6P. The van der Waals surface area contributed by atoms with E-state index in [1.54, 1.807) is 12.2 Å². The Morgan fingerprint density at radius 3 is 0.973 bits per heavy atom. The van der Waals surface area contributed by atoms with Crippen molar-refractivity contribution in [1.29, 1.82) is 0 Å². The number of pyridine rings is 4. The van der Waals surface area contributed by atoms with Gasteiger partial charge >= 0.3 is 50.1 Å². The molecule has 0 spiro atoms. The van der Waals surface area contributed by atoms with Gasteiger partial charge in [0.1, 0.15) is 24.7 Å². The summed E-state index contributed by atoms with van der Waals surface area (Å²) in [5.74, 6) is 1.54. The summed E-state index contributed by atoms with van der Waals surface area (Å²) in [4.78, 5) is 20.8. The van der Waals surface area contributed by atoms with E-state index in [1.165, 1.54) is 0 Å². The van der Waals surface area contributed by atoms with E-state index >= 15 is 0 Å². The SMILES string of the molecule is C=CCOCCOCCOc1ccc(-c2ccc3ccc4ccc(-c5cccc(-c6ccc7ccc8ccc(-c9ccc(OCCOCCOCC=C)cc9)nc8c7n6)c5)nc4c3n2)cc1.F[P-](F)(F)(F)(F)F.[Cu+]. The van der Waals surface area contributed by atoms with Gasteiger partial charge in [-0.05, 0) is 78.9 Å². The summed E-state index contributed by atoms with van der Waals surface area (Å²) in [6.45, 7) is 12.3. The maximum absolute atomic E-state index is 10.7. The van der Waals surface area contributed by atoms with E-state index in [1.807, 2.05) is 60.7 Å². The summed E-state index contributed by atoms with van der Waals surface area (Å²) >= 11 is 0. The van der Waals surface area contributed by atoms with E-state index in [4.69, 9.17) is 48.4 Å². The van der Waals surface area contributed by atoms with Crippen molar-refractivity contribution in [3.8, 4) is 56.5 Å². The van der Waals surface area contributed by atoms with Gasteiger partial charge in [0.05, 0.1) is 97.7 Å². The molecule has 0 aliphatic heterocycles. The number of hydrogen-bond acceptors (Lipinski definition) is 10. The first kappa shape index (κ1) is 55.0. The average molecular weight is 1080 g/mol. The number of rotatable bonds is 22. The molecule has 10 nitrogen and oxygen atoms in total. The fourth-order valence-corrected chi connectivity index (χ4v) is 7.67. The third-order valence-corrected chi connectivity index (χ3v) is 11.0. The fourth-order valence-electron chi connectivity index (χ4n) is 7.67. The molecule has 4 heterocycles. The third kappa shape index (κ3) is 16.1. The molecule has 0 aliphatic rings. The van der Waals surface area contributed by atoms with Crippen LogP contribution in [0.3, 0.4) is 0 Å². The monoisotopic (exact) mass is 1080 g/mol. The maximum atomic E-state index is 9.87. The van der Waals surface area contributed by atoms with Gasteiger partial charge in [-0.25, -0.2) is 19.9 Å². The predicted octanol–water partition coefficient (Wildman–Crippen LogP) is 15.1. The minimum atomic E-state index is -10.7. The maximum Gasteiger partial charge on any atom is 1.00 e. The van der Waals surface area contributed by atoms with E-state index in [-0.39, 0.29) is 17.1 Å². The van der Waals surface area contributed by atoms with Gasteiger partial charge in [-0.1, -0.05) is 78.9 Å². The van der Waals surface area contributed by atoms with Gasteiger partial charge in [0.2, 0.25) is 0 Å². The molecule has 0 saturated heterocycles. The molecule has 0 bridgehead atoms. The Labute approximate surface area is 433 Å². The molecule has 0 amide bonds. The van der Waals surface area contributed by atoms with E-state index in [9.17, 15) is 25.2 Å². The minimum Gasteiger partial charge on any atom is 1.00 e. The van der Waals surface area contributed by atoms with Gasteiger partial charge in [0.15, 0.2) is 0 Å². The molecule has 9 aromatic rings. The van der Waals surface area contributed by atoms with Crippen molar-refractivity contribution in [2.75, 3.05) is 66.1 Å². The Hall–Kier alpha value is -6.81. The molecule has 5 aromatic carbocycles. The summed E-state index contributed by atoms with van der Waals surface area (Å²) in [5.41, 5.74) is 10.8. The average Bonchev–Trinajstić information content (AvgIpc) is 3.39. The largest absolute Gasteiger partial charge is 1.00 e. The van der Waals surface area contributed by atoms with Crippen LogP contribution in [0.25, 0.3) is 88.6 Å². The first-order valence-electron chi connectivity index (χ1n) is 23.2.